The van der Waals surface area contributed by atoms with Gasteiger partial charge in [0.2, 0.25) is 0 Å². The van der Waals surface area contributed by atoms with Crippen molar-refractivity contribution in [1.29, 1.82) is 0 Å². The van der Waals surface area contributed by atoms with Gasteiger partial charge < -0.3 is 9.84 Å². The summed E-state index contributed by atoms with van der Waals surface area (Å²) in [6.07, 6.45) is 3.07. The zero-order valence-electron chi connectivity index (χ0n) is 11.2. The van der Waals surface area contributed by atoms with Crippen molar-refractivity contribution in [3.63, 3.8) is 0 Å². The molecule has 1 heterocycles. The zero-order chi connectivity index (χ0) is 12.2. The van der Waals surface area contributed by atoms with Gasteiger partial charge in [0.15, 0.2) is 0 Å². The molecule has 3 heteroatoms. The average molecular weight is 229 g/mol. The van der Waals surface area contributed by atoms with Crippen LogP contribution in [0.3, 0.4) is 0 Å². The summed E-state index contributed by atoms with van der Waals surface area (Å²) in [6.45, 7) is 11.6. The Morgan fingerprint density at radius 3 is 2.75 bits per heavy atom. The van der Waals surface area contributed by atoms with E-state index in [1.807, 2.05) is 6.92 Å². The topological polar surface area (TPSA) is 32.7 Å². The summed E-state index contributed by atoms with van der Waals surface area (Å²) in [7, 11) is 0. The minimum Gasteiger partial charge on any atom is -0.393 e. The van der Waals surface area contributed by atoms with Crippen LogP contribution in [0.2, 0.25) is 0 Å². The van der Waals surface area contributed by atoms with Crippen molar-refractivity contribution < 1.29 is 9.84 Å². The van der Waals surface area contributed by atoms with E-state index in [4.69, 9.17) is 4.74 Å². The first kappa shape index (κ1) is 13.9. The first-order valence-corrected chi connectivity index (χ1v) is 6.51. The Bertz CT molecular complexity index is 206. The van der Waals surface area contributed by atoms with Crippen molar-refractivity contribution >= 4 is 0 Å². The molecule has 96 valence electrons. The van der Waals surface area contributed by atoms with E-state index in [2.05, 4.69) is 25.7 Å². The molecule has 1 rings (SSSR count). The lowest BCUT2D eigenvalue weighted by molar-refractivity contribution is -0.129. The van der Waals surface area contributed by atoms with E-state index in [1.165, 1.54) is 0 Å². The Morgan fingerprint density at radius 1 is 1.50 bits per heavy atom. The van der Waals surface area contributed by atoms with Gasteiger partial charge in [-0.2, -0.15) is 0 Å². The lowest BCUT2D eigenvalue weighted by Crippen LogP contribution is -2.52. The second-order valence-electron chi connectivity index (χ2n) is 5.63. The smallest absolute Gasteiger partial charge is 0.0757 e. The standard InChI is InChI=1S/C13H27NO2/c1-5-12(15)7-6-8-14-9-11(2)16-13(3,4)10-14/h11-12,15H,5-10H2,1-4H3. The Labute approximate surface area is 99.8 Å². The largest absolute Gasteiger partial charge is 0.393 e. The number of nitrogens with zero attached hydrogens (tertiary/aromatic N) is 1. The molecule has 3 nitrogen and oxygen atoms in total. The molecule has 0 aromatic heterocycles. The number of rotatable bonds is 5. The third kappa shape index (κ3) is 4.81. The predicted octanol–water partition coefficient (Wildman–Crippen LogP) is 2.04. The van der Waals surface area contributed by atoms with E-state index in [9.17, 15) is 5.11 Å². The lowest BCUT2D eigenvalue weighted by atomic mass is 10.0. The van der Waals surface area contributed by atoms with Gasteiger partial charge in [0.1, 0.15) is 0 Å². The van der Waals surface area contributed by atoms with E-state index in [0.29, 0.717) is 6.10 Å². The van der Waals surface area contributed by atoms with Gasteiger partial charge in [-0.3, -0.25) is 4.90 Å². The van der Waals surface area contributed by atoms with Gasteiger partial charge in [-0.1, -0.05) is 6.92 Å². The summed E-state index contributed by atoms with van der Waals surface area (Å²) < 4.78 is 5.86. The molecule has 1 fully saturated rings. The summed E-state index contributed by atoms with van der Waals surface area (Å²) in [5, 5.41) is 9.50. The molecule has 0 spiro atoms. The van der Waals surface area contributed by atoms with Crippen LogP contribution in [0, 0.1) is 0 Å². The van der Waals surface area contributed by atoms with E-state index < -0.39 is 0 Å². The van der Waals surface area contributed by atoms with Crippen molar-refractivity contribution in [2.45, 2.75) is 64.8 Å². The highest BCUT2D eigenvalue weighted by Crippen LogP contribution is 2.21. The molecule has 1 saturated heterocycles. The molecule has 0 aliphatic carbocycles. The third-order valence-corrected chi connectivity index (χ3v) is 3.12. The number of aliphatic hydroxyl groups is 1. The molecule has 2 atom stereocenters. The summed E-state index contributed by atoms with van der Waals surface area (Å²) in [5.74, 6) is 0. The Kier molecular flexibility index (Phi) is 5.22. The summed E-state index contributed by atoms with van der Waals surface area (Å²) in [4.78, 5) is 2.45. The second kappa shape index (κ2) is 5.99. The van der Waals surface area contributed by atoms with E-state index >= 15 is 0 Å². The first-order valence-electron chi connectivity index (χ1n) is 6.51. The number of hydrogen-bond acceptors (Lipinski definition) is 3. The molecule has 0 aromatic carbocycles. The zero-order valence-corrected chi connectivity index (χ0v) is 11.2. The fourth-order valence-corrected chi connectivity index (χ4v) is 2.51. The molecule has 0 aromatic rings. The van der Waals surface area contributed by atoms with Crippen LogP contribution in [0.15, 0.2) is 0 Å². The van der Waals surface area contributed by atoms with E-state index in [1.54, 1.807) is 0 Å². The normalized spacial score (nSPS) is 27.9. The van der Waals surface area contributed by atoms with Gasteiger partial charge in [0, 0.05) is 13.1 Å². The minimum atomic E-state index is -0.119. The van der Waals surface area contributed by atoms with Gasteiger partial charge in [-0.25, -0.2) is 0 Å². The quantitative estimate of drug-likeness (QED) is 0.783. The number of morpholine rings is 1. The van der Waals surface area contributed by atoms with Crippen LogP contribution in [0.5, 0.6) is 0 Å². The highest BCUT2D eigenvalue weighted by Gasteiger charge is 2.30. The van der Waals surface area contributed by atoms with Crippen molar-refractivity contribution in [2.75, 3.05) is 19.6 Å². The Hall–Kier alpha value is -0.120. The monoisotopic (exact) mass is 229 g/mol. The average Bonchev–Trinajstić information content (AvgIpc) is 2.14. The molecular formula is C13H27NO2. The summed E-state index contributed by atoms with van der Waals surface area (Å²) >= 11 is 0. The van der Waals surface area contributed by atoms with Crippen LogP contribution < -0.4 is 0 Å². The van der Waals surface area contributed by atoms with Crippen molar-refractivity contribution in [3.8, 4) is 0 Å². The van der Waals surface area contributed by atoms with Crippen molar-refractivity contribution in [1.82, 2.24) is 4.90 Å². The maximum Gasteiger partial charge on any atom is 0.0757 e. The summed E-state index contributed by atoms with van der Waals surface area (Å²) in [5.41, 5.74) is -0.0267. The molecule has 0 saturated carbocycles. The van der Waals surface area contributed by atoms with Crippen LogP contribution in [-0.2, 0) is 4.74 Å². The molecule has 0 bridgehead atoms. The fourth-order valence-electron chi connectivity index (χ4n) is 2.51. The predicted molar refractivity (Wildman–Crippen MR) is 66.6 cm³/mol. The molecule has 1 aliphatic heterocycles. The first-order chi connectivity index (χ1) is 7.43. The van der Waals surface area contributed by atoms with Gasteiger partial charge in [-0.15, -0.1) is 0 Å². The van der Waals surface area contributed by atoms with Crippen LogP contribution in [-0.4, -0.2) is 47.4 Å². The Balaban J connectivity index is 2.26. The minimum absolute atomic E-state index is 0.0267. The van der Waals surface area contributed by atoms with Crippen molar-refractivity contribution in [3.05, 3.63) is 0 Å². The highest BCUT2D eigenvalue weighted by molar-refractivity contribution is 4.82. The molecule has 1 aliphatic rings. The van der Waals surface area contributed by atoms with E-state index in [-0.39, 0.29) is 11.7 Å². The molecule has 1 N–H and O–H groups in total. The third-order valence-electron chi connectivity index (χ3n) is 3.12. The molecule has 16 heavy (non-hydrogen) atoms. The SMILES string of the molecule is CCC(O)CCCN1CC(C)OC(C)(C)C1. The van der Waals surface area contributed by atoms with Gasteiger partial charge in [-0.05, 0) is 46.6 Å². The van der Waals surface area contributed by atoms with Crippen LogP contribution >= 0.6 is 0 Å². The van der Waals surface area contributed by atoms with Crippen LogP contribution in [0.4, 0.5) is 0 Å². The molecule has 0 amide bonds. The van der Waals surface area contributed by atoms with Crippen LogP contribution in [0.1, 0.15) is 47.0 Å². The maximum absolute atomic E-state index is 9.50. The van der Waals surface area contributed by atoms with Crippen molar-refractivity contribution in [2.24, 2.45) is 0 Å². The van der Waals surface area contributed by atoms with Gasteiger partial charge in [0.05, 0.1) is 17.8 Å². The highest BCUT2D eigenvalue weighted by atomic mass is 16.5. The Morgan fingerprint density at radius 2 is 2.19 bits per heavy atom. The molecular weight excluding hydrogens is 202 g/mol. The molecule has 0 radical (unpaired) electrons. The van der Waals surface area contributed by atoms with Gasteiger partial charge >= 0.3 is 0 Å². The van der Waals surface area contributed by atoms with E-state index in [0.717, 1.165) is 38.9 Å². The second-order valence-corrected chi connectivity index (χ2v) is 5.63. The lowest BCUT2D eigenvalue weighted by Gasteiger charge is -2.41. The fraction of sp³-hybridized carbons (Fsp3) is 1.00. The maximum atomic E-state index is 9.50. The number of hydrogen-bond donors (Lipinski definition) is 1. The van der Waals surface area contributed by atoms with Crippen LogP contribution in [0.25, 0.3) is 0 Å². The molecule has 2 unspecified atom stereocenters. The number of ether oxygens (including phenoxy) is 1. The number of aliphatic hydroxyl groups excluding tert-OH is 1. The summed E-state index contributed by atoms with van der Waals surface area (Å²) in [6, 6.07) is 0. The van der Waals surface area contributed by atoms with Gasteiger partial charge in [0.25, 0.3) is 0 Å².